The number of hydrogen-bond acceptors (Lipinski definition) is 2. The van der Waals surface area contributed by atoms with E-state index >= 15 is 0 Å². The van der Waals surface area contributed by atoms with Crippen LogP contribution >= 0.6 is 0 Å². The van der Waals surface area contributed by atoms with E-state index in [1.165, 1.54) is 45.2 Å². The molecule has 2 aliphatic heterocycles. The van der Waals surface area contributed by atoms with E-state index in [-0.39, 0.29) is 50.3 Å². The van der Waals surface area contributed by atoms with Gasteiger partial charge in [-0.05, 0) is 53.6 Å². The van der Waals surface area contributed by atoms with Gasteiger partial charge in [0.25, 0.3) is 0 Å². The maximum Gasteiger partial charge on any atom is 3.00 e. The van der Waals surface area contributed by atoms with E-state index in [0.29, 0.717) is 0 Å². The summed E-state index contributed by atoms with van der Waals surface area (Å²) in [6, 6.07) is 0. The number of rotatable bonds is 13. The summed E-state index contributed by atoms with van der Waals surface area (Å²) in [6.45, 7) is 90.8. The maximum absolute atomic E-state index is 4.82. The van der Waals surface area contributed by atoms with Gasteiger partial charge < -0.3 is 43.0 Å². The first-order chi connectivity index (χ1) is 30.4. The fourth-order valence-corrected chi connectivity index (χ4v) is 55.9. The Balaban J connectivity index is -0.0000000778. The third-order valence-corrected chi connectivity index (χ3v) is 39.3. The summed E-state index contributed by atoms with van der Waals surface area (Å²) in [5, 5.41) is 4.18. The SMILES string of the molecule is C1CC[N-]CC1.CCN(C)C.CN1CCCC1.C[Si](C)(C)[N-][Si](C)(C)C.C[Si](C)(C)[N-][Si](C)(C)C.C[Si](C)(C)[N-][Si](C)(C)C.C[Si](C)(C)[N-][Si](C)(C)C.C[Si](C)(C)[N-][Si](C)(C)C.C[Si](C)(C)[N-][Si](C)(C)C.[Co+3].[Co+3].[Co+3]. The molecule has 0 radical (unpaired) electrons. The van der Waals surface area contributed by atoms with Crippen LogP contribution in [0, 0.1) is 0 Å². The minimum atomic E-state index is -1.11. The summed E-state index contributed by atoms with van der Waals surface area (Å²) in [5.41, 5.74) is 0. The van der Waals surface area contributed by atoms with Crippen LogP contribution in [-0.4, -0.2) is 162 Å². The fourth-order valence-electron chi connectivity index (χ4n) is 7.65. The second-order valence-electron chi connectivity index (χ2n) is 31.9. The predicted octanol–water partition coefficient (Wildman–Crippen LogP) is 21.0. The molecule has 0 amide bonds. The third kappa shape index (κ3) is 141. The molecule has 0 aromatic heterocycles. The Hall–Kier alpha value is 3.76. The molecular weight excluding hydrogens is 1240 g/mol. The Morgan fingerprint density at radius 2 is 0.432 bits per heavy atom. The van der Waals surface area contributed by atoms with Crippen LogP contribution in [-0.2, 0) is 50.3 Å². The Morgan fingerprint density at radius 1 is 0.297 bits per heavy atom. The molecule has 24 heteroatoms. The molecule has 2 saturated heterocycles. The molecular formula is C50H140Co3N9Si12+2. The summed E-state index contributed by atoms with van der Waals surface area (Å²) in [5.74, 6) is 0. The minimum absolute atomic E-state index is 0. The first kappa shape index (κ1) is 99.8. The summed E-state index contributed by atoms with van der Waals surface area (Å²) >= 11 is 0. The van der Waals surface area contributed by atoms with Crippen LogP contribution in [0.3, 0.4) is 0 Å². The molecule has 0 unspecified atom stereocenters. The topological polar surface area (TPSA) is 105 Å². The molecule has 2 rings (SSSR count). The van der Waals surface area contributed by atoms with Gasteiger partial charge in [0.1, 0.15) is 0 Å². The molecule has 0 aliphatic carbocycles. The van der Waals surface area contributed by atoms with Gasteiger partial charge in [-0.15, -0.1) is 13.1 Å². The van der Waals surface area contributed by atoms with Gasteiger partial charge in [-0.25, -0.2) is 0 Å². The molecule has 0 aromatic carbocycles. The Bertz CT molecular complexity index is 938. The van der Waals surface area contributed by atoms with Crippen LogP contribution < -0.4 is 0 Å². The monoisotopic (exact) mass is 1380 g/mol. The van der Waals surface area contributed by atoms with E-state index in [2.05, 4.69) is 279 Å². The number of hydrogen-bond donors (Lipinski definition) is 0. The van der Waals surface area contributed by atoms with Gasteiger partial charge in [0.15, 0.2) is 0 Å². The average Bonchev–Trinajstić information content (AvgIpc) is 3.44. The third-order valence-electron chi connectivity index (χ3n) is 7.12. The molecule has 9 nitrogen and oxygen atoms in total. The van der Waals surface area contributed by atoms with E-state index in [1.54, 1.807) is 0 Å². The quantitative estimate of drug-likeness (QED) is 0.171. The van der Waals surface area contributed by atoms with Gasteiger partial charge in [0, 0.05) is 0 Å². The molecule has 2 aliphatic rings. The minimum Gasteiger partial charge on any atom is -0.668 e. The fraction of sp³-hybridized carbons (Fsp3) is 1.00. The van der Waals surface area contributed by atoms with Crippen molar-refractivity contribution in [3.63, 3.8) is 0 Å². The van der Waals surface area contributed by atoms with E-state index in [0.717, 1.165) is 19.6 Å². The van der Waals surface area contributed by atoms with Crippen LogP contribution in [0.1, 0.15) is 39.0 Å². The van der Waals surface area contributed by atoms with Crippen molar-refractivity contribution in [1.29, 1.82) is 0 Å². The largest absolute Gasteiger partial charge is 3.00 e. The van der Waals surface area contributed by atoms with Gasteiger partial charge in [-0.2, -0.15) is 0 Å². The van der Waals surface area contributed by atoms with Crippen LogP contribution in [0.15, 0.2) is 0 Å². The van der Waals surface area contributed by atoms with E-state index in [4.69, 9.17) is 27.9 Å². The van der Waals surface area contributed by atoms with Crippen molar-refractivity contribution in [1.82, 2.24) is 9.80 Å². The smallest absolute Gasteiger partial charge is 0.668 e. The average molecular weight is 1380 g/mol. The predicted molar refractivity (Wildman–Crippen MR) is 378 cm³/mol. The second-order valence-corrected chi connectivity index (χ2v) is 89.3. The molecule has 2 heterocycles. The van der Waals surface area contributed by atoms with Gasteiger partial charge in [-0.1, -0.05) is 361 Å². The first-order valence-corrected chi connectivity index (χ1v) is 69.2. The van der Waals surface area contributed by atoms with Crippen molar-refractivity contribution in [2.75, 3.05) is 53.9 Å². The van der Waals surface area contributed by atoms with Crippen LogP contribution in [0.4, 0.5) is 0 Å². The van der Waals surface area contributed by atoms with Crippen molar-refractivity contribution in [2.24, 2.45) is 0 Å². The summed E-state index contributed by atoms with van der Waals surface area (Å²) in [6.07, 6.45) is 6.90. The standard InChI is InChI=1S/6C6H18NSi2.C5H11N.C5H10N.C4H11N.3Co/c6*1-8(2,3)7-9(4,5)6;1-6-4-2-3-5-6;1-2-4-6-5-3-1;1-4-5(2)3;;;/h6*1-6H3;2-5H2,1H3;1-5H2;4H2,1-3H3;;;/q6*-1;;-1;;3*+3. The zero-order chi connectivity index (χ0) is 59.2. The molecule has 0 bridgehead atoms. The first-order valence-electron chi connectivity index (χ1n) is 27.8. The van der Waals surface area contributed by atoms with E-state index in [9.17, 15) is 0 Å². The zero-order valence-electron chi connectivity index (χ0n) is 58.1. The van der Waals surface area contributed by atoms with E-state index < -0.39 is 98.8 Å². The van der Waals surface area contributed by atoms with Crippen LogP contribution in [0.25, 0.3) is 33.2 Å². The van der Waals surface area contributed by atoms with Gasteiger partial charge in [0.05, 0.1) is 0 Å². The molecule has 0 atom stereocenters. The molecule has 0 saturated carbocycles. The van der Waals surface area contributed by atoms with Gasteiger partial charge >= 0.3 is 50.3 Å². The van der Waals surface area contributed by atoms with Crippen molar-refractivity contribution >= 4 is 98.8 Å². The van der Waals surface area contributed by atoms with Gasteiger partial charge in [-0.3, -0.25) is 0 Å². The normalized spacial score (nSPS) is 14.9. The summed E-state index contributed by atoms with van der Waals surface area (Å²) in [7, 11) is -6.99. The zero-order valence-corrected chi connectivity index (χ0v) is 73.2. The Labute approximate surface area is 516 Å². The summed E-state index contributed by atoms with van der Waals surface area (Å²) < 4.78 is 28.9. The second kappa shape index (κ2) is 45.2. The molecule has 0 aromatic rings. The molecule has 74 heavy (non-hydrogen) atoms. The Morgan fingerprint density at radius 3 is 0.459 bits per heavy atom. The van der Waals surface area contributed by atoms with Crippen molar-refractivity contribution < 1.29 is 50.3 Å². The molecule has 0 N–H and O–H groups in total. The number of nitrogens with zero attached hydrogens (tertiary/aromatic N) is 9. The number of piperidine rings is 1. The van der Waals surface area contributed by atoms with Crippen LogP contribution in [0.2, 0.25) is 236 Å². The van der Waals surface area contributed by atoms with Crippen molar-refractivity contribution in [3.05, 3.63) is 33.2 Å². The molecule has 458 valence electrons. The Kier molecular flexibility index (Phi) is 60.9. The summed E-state index contributed by atoms with van der Waals surface area (Å²) in [4.78, 5) is 4.49. The molecule has 2 fully saturated rings. The van der Waals surface area contributed by atoms with Crippen molar-refractivity contribution in [2.45, 2.75) is 275 Å². The van der Waals surface area contributed by atoms with Crippen molar-refractivity contribution in [3.8, 4) is 0 Å². The van der Waals surface area contributed by atoms with Gasteiger partial charge in [0.2, 0.25) is 0 Å². The van der Waals surface area contributed by atoms with Crippen LogP contribution in [0.5, 0.6) is 0 Å². The molecule has 0 spiro atoms. The number of likely N-dealkylation sites (tertiary alicyclic amines) is 1. The maximum atomic E-state index is 4.82. The van der Waals surface area contributed by atoms with E-state index in [1.807, 2.05) is 0 Å².